The smallest absolute Gasteiger partial charge is 0.193 e. The molecule has 0 saturated heterocycles. The number of nitrogen functional groups attached to an aromatic ring is 1. The van der Waals surface area contributed by atoms with E-state index in [1.165, 1.54) is 28.9 Å². The molecule has 2 aromatic carbocycles. The molecule has 0 aliphatic carbocycles. The molecule has 0 amide bonds. The second-order valence-electron chi connectivity index (χ2n) is 7.27. The summed E-state index contributed by atoms with van der Waals surface area (Å²) in [7, 11) is 3.56. The molecule has 0 atom stereocenters. The van der Waals surface area contributed by atoms with E-state index < -0.39 is 0 Å². The lowest BCUT2D eigenvalue weighted by molar-refractivity contribution is 0.473. The molecular formula is C23H26F2IN7. The summed E-state index contributed by atoms with van der Waals surface area (Å²) in [6, 6.07) is 14.3. The van der Waals surface area contributed by atoms with Crippen LogP contribution in [-0.4, -0.2) is 41.3 Å². The normalized spacial score (nSPS) is 10.9. The third kappa shape index (κ3) is 6.64. The van der Waals surface area contributed by atoms with Gasteiger partial charge in [-0.15, -0.1) is 24.0 Å². The summed E-state index contributed by atoms with van der Waals surface area (Å²) in [5.41, 5.74) is 8.43. The Kier molecular flexibility index (Phi) is 9.59. The van der Waals surface area contributed by atoms with Crippen molar-refractivity contribution in [2.75, 3.05) is 26.4 Å². The largest absolute Gasteiger partial charge is 0.382 e. The summed E-state index contributed by atoms with van der Waals surface area (Å²) in [4.78, 5) is 6.16. The molecule has 33 heavy (non-hydrogen) atoms. The van der Waals surface area contributed by atoms with Gasteiger partial charge < -0.3 is 16.0 Å². The van der Waals surface area contributed by atoms with Gasteiger partial charge in [0, 0.05) is 27.2 Å². The zero-order chi connectivity index (χ0) is 23.1. The third-order valence-electron chi connectivity index (χ3n) is 4.93. The quantitative estimate of drug-likeness (QED) is 0.197. The Morgan fingerprint density at radius 3 is 2.58 bits per heavy atom. The van der Waals surface area contributed by atoms with Gasteiger partial charge in [-0.25, -0.2) is 13.5 Å². The molecule has 0 radical (unpaired) electrons. The average Bonchev–Trinajstić information content (AvgIpc) is 3.09. The Balaban J connectivity index is 0.00000385. The zero-order valence-corrected chi connectivity index (χ0v) is 20.8. The van der Waals surface area contributed by atoms with Gasteiger partial charge in [-0.2, -0.15) is 10.4 Å². The number of halogens is 3. The van der Waals surface area contributed by atoms with Crippen molar-refractivity contribution >= 4 is 35.8 Å². The molecule has 3 aromatic rings. The second kappa shape index (κ2) is 12.2. The molecule has 7 nitrogen and oxygen atoms in total. The van der Waals surface area contributed by atoms with Gasteiger partial charge in [-0.1, -0.05) is 12.1 Å². The van der Waals surface area contributed by atoms with E-state index >= 15 is 0 Å². The molecule has 0 aliphatic heterocycles. The van der Waals surface area contributed by atoms with Crippen molar-refractivity contribution in [3.8, 4) is 11.8 Å². The highest BCUT2D eigenvalue weighted by Gasteiger charge is 2.16. The van der Waals surface area contributed by atoms with E-state index in [0.717, 1.165) is 5.56 Å². The number of aliphatic imine (C=N–C) groups is 1. The van der Waals surface area contributed by atoms with E-state index in [-0.39, 0.29) is 41.4 Å². The minimum Gasteiger partial charge on any atom is -0.382 e. The highest BCUT2D eigenvalue weighted by atomic mass is 127. The van der Waals surface area contributed by atoms with E-state index in [4.69, 9.17) is 5.73 Å². The molecule has 0 fully saturated rings. The van der Waals surface area contributed by atoms with Gasteiger partial charge in [-0.05, 0) is 54.8 Å². The maximum atomic E-state index is 13.4. The van der Waals surface area contributed by atoms with Crippen molar-refractivity contribution in [2.24, 2.45) is 4.99 Å². The van der Waals surface area contributed by atoms with Gasteiger partial charge in [0.2, 0.25) is 0 Å². The van der Waals surface area contributed by atoms with Crippen LogP contribution in [0.3, 0.4) is 0 Å². The first-order valence-corrected chi connectivity index (χ1v) is 10.1. The highest BCUT2D eigenvalue weighted by Crippen LogP contribution is 2.21. The fraction of sp³-hybridized carbons (Fsp3) is 0.261. The summed E-state index contributed by atoms with van der Waals surface area (Å²) in [6.07, 6.45) is 1.21. The van der Waals surface area contributed by atoms with Gasteiger partial charge in [0.25, 0.3) is 0 Å². The minimum absolute atomic E-state index is 0. The number of nitriles is 1. The number of nitrogens with two attached hydrogens (primary N) is 1. The molecule has 0 unspecified atom stereocenters. The van der Waals surface area contributed by atoms with Gasteiger partial charge in [0.1, 0.15) is 29.1 Å². The number of aryl methyl sites for hydroxylation is 1. The van der Waals surface area contributed by atoms with Crippen LogP contribution < -0.4 is 11.1 Å². The number of anilines is 1. The Hall–Kier alpha value is -3.20. The molecule has 3 N–H and O–H groups in total. The van der Waals surface area contributed by atoms with Crippen LogP contribution in [0.15, 0.2) is 53.5 Å². The third-order valence-corrected chi connectivity index (χ3v) is 4.93. The van der Waals surface area contributed by atoms with Crippen LogP contribution in [0.1, 0.15) is 23.2 Å². The molecule has 10 heteroatoms. The predicted octanol–water partition coefficient (Wildman–Crippen LogP) is 3.86. The topological polar surface area (TPSA) is 95.3 Å². The van der Waals surface area contributed by atoms with Crippen LogP contribution in [0.4, 0.5) is 14.6 Å². The maximum absolute atomic E-state index is 13.4. The predicted molar refractivity (Wildman–Crippen MR) is 136 cm³/mol. The number of benzene rings is 2. The van der Waals surface area contributed by atoms with Crippen LogP contribution in [0.2, 0.25) is 0 Å². The van der Waals surface area contributed by atoms with Crippen molar-refractivity contribution in [2.45, 2.75) is 19.4 Å². The van der Waals surface area contributed by atoms with Crippen molar-refractivity contribution in [3.05, 3.63) is 77.0 Å². The summed E-state index contributed by atoms with van der Waals surface area (Å²) < 4.78 is 28.1. The number of guanidine groups is 1. The van der Waals surface area contributed by atoms with Crippen molar-refractivity contribution in [3.63, 3.8) is 0 Å². The lowest BCUT2D eigenvalue weighted by Gasteiger charge is -2.22. The second-order valence-corrected chi connectivity index (χ2v) is 7.27. The molecule has 0 bridgehead atoms. The molecular weight excluding hydrogens is 539 g/mol. The monoisotopic (exact) mass is 565 g/mol. The Bertz CT molecular complexity index is 1140. The summed E-state index contributed by atoms with van der Waals surface area (Å²) in [5.74, 6) is 0.271. The van der Waals surface area contributed by atoms with Crippen molar-refractivity contribution in [1.82, 2.24) is 20.0 Å². The number of hydrogen-bond donors (Lipinski definition) is 2. The van der Waals surface area contributed by atoms with E-state index in [1.807, 2.05) is 18.0 Å². The Labute approximate surface area is 208 Å². The molecule has 0 spiro atoms. The van der Waals surface area contributed by atoms with Crippen LogP contribution in [0.5, 0.6) is 0 Å². The highest BCUT2D eigenvalue weighted by molar-refractivity contribution is 14.0. The lowest BCUT2D eigenvalue weighted by atomic mass is 10.1. The summed E-state index contributed by atoms with van der Waals surface area (Å²) in [6.45, 7) is 1.10. The Morgan fingerprint density at radius 2 is 1.94 bits per heavy atom. The van der Waals surface area contributed by atoms with Gasteiger partial charge in [-0.3, -0.25) is 4.99 Å². The summed E-state index contributed by atoms with van der Waals surface area (Å²) in [5, 5.41) is 17.2. The van der Waals surface area contributed by atoms with E-state index in [2.05, 4.69) is 21.5 Å². The number of nitrogens with one attached hydrogen (secondary N) is 1. The fourth-order valence-corrected chi connectivity index (χ4v) is 3.38. The van der Waals surface area contributed by atoms with Gasteiger partial charge >= 0.3 is 0 Å². The zero-order valence-electron chi connectivity index (χ0n) is 18.4. The van der Waals surface area contributed by atoms with Gasteiger partial charge in [0.15, 0.2) is 5.96 Å². The number of rotatable bonds is 7. The first-order valence-electron chi connectivity index (χ1n) is 10.1. The minimum atomic E-state index is -0.359. The van der Waals surface area contributed by atoms with Crippen molar-refractivity contribution < 1.29 is 8.78 Å². The standard InChI is InChI=1S/C23H25F2N7.HI/c1-28-23(31(2)15-16-5-3-6-18(25)13-16)29-12-4-7-21-20(14-26)22(27)32(30-21)19-10-8-17(24)9-11-19;/h3,5-6,8-11,13H,4,7,12,15,27H2,1-2H3,(H,28,29);1H. The maximum Gasteiger partial charge on any atom is 0.193 e. The molecule has 0 aliphatic rings. The number of nitrogens with zero attached hydrogens (tertiary/aromatic N) is 5. The van der Waals surface area contributed by atoms with E-state index in [9.17, 15) is 14.0 Å². The fourth-order valence-electron chi connectivity index (χ4n) is 3.38. The SMILES string of the molecule is CN=C(NCCCc1nn(-c2ccc(F)cc2)c(N)c1C#N)N(C)Cc1cccc(F)c1.I. The lowest BCUT2D eigenvalue weighted by Crippen LogP contribution is -2.39. The summed E-state index contributed by atoms with van der Waals surface area (Å²) >= 11 is 0. The van der Waals surface area contributed by atoms with Crippen LogP contribution >= 0.6 is 24.0 Å². The Morgan fingerprint density at radius 1 is 1.21 bits per heavy atom. The number of aromatic nitrogens is 2. The van der Waals surface area contributed by atoms with E-state index in [0.29, 0.717) is 48.8 Å². The average molecular weight is 565 g/mol. The molecule has 3 rings (SSSR count). The van der Waals surface area contributed by atoms with Gasteiger partial charge in [0.05, 0.1) is 11.4 Å². The molecule has 174 valence electrons. The number of hydrogen-bond acceptors (Lipinski definition) is 4. The van der Waals surface area contributed by atoms with Crippen LogP contribution in [0, 0.1) is 23.0 Å². The van der Waals surface area contributed by atoms with E-state index in [1.54, 1.807) is 25.2 Å². The molecule has 0 saturated carbocycles. The first kappa shape index (κ1) is 26.1. The van der Waals surface area contributed by atoms with Crippen molar-refractivity contribution in [1.29, 1.82) is 5.26 Å². The molecule has 1 aromatic heterocycles. The van der Waals surface area contributed by atoms with Crippen LogP contribution in [-0.2, 0) is 13.0 Å². The van der Waals surface area contributed by atoms with Crippen LogP contribution in [0.25, 0.3) is 5.69 Å². The molecule has 1 heterocycles. The first-order chi connectivity index (χ1) is 15.4.